The average molecular weight is 194 g/mol. The summed E-state index contributed by atoms with van der Waals surface area (Å²) in [5.74, 6) is 0. The summed E-state index contributed by atoms with van der Waals surface area (Å²) < 4.78 is 36.7. The van der Waals surface area contributed by atoms with Gasteiger partial charge in [-0.05, 0) is 6.42 Å². The summed E-state index contributed by atoms with van der Waals surface area (Å²) in [4.78, 5) is 0. The molecule has 0 aliphatic heterocycles. The third kappa shape index (κ3) is 3.98. The summed E-state index contributed by atoms with van der Waals surface area (Å²) >= 11 is 0. The van der Waals surface area contributed by atoms with Crippen LogP contribution < -0.4 is 11.5 Å². The molecular formula is C8H13F3N2. The van der Waals surface area contributed by atoms with Gasteiger partial charge in [-0.1, -0.05) is 19.1 Å². The molecule has 0 amide bonds. The third-order valence-corrected chi connectivity index (χ3v) is 1.39. The van der Waals surface area contributed by atoms with Crippen LogP contribution in [0.15, 0.2) is 23.4 Å². The van der Waals surface area contributed by atoms with Crippen LogP contribution in [0.25, 0.3) is 0 Å². The van der Waals surface area contributed by atoms with Gasteiger partial charge in [-0.25, -0.2) is 0 Å². The van der Waals surface area contributed by atoms with E-state index in [1.165, 1.54) is 6.08 Å². The van der Waals surface area contributed by atoms with Gasteiger partial charge in [-0.3, -0.25) is 0 Å². The topological polar surface area (TPSA) is 52.0 Å². The van der Waals surface area contributed by atoms with Gasteiger partial charge in [0.15, 0.2) is 0 Å². The minimum absolute atomic E-state index is 0.289. The molecule has 13 heavy (non-hydrogen) atoms. The number of halogens is 3. The smallest absolute Gasteiger partial charge is 0.401 e. The van der Waals surface area contributed by atoms with Gasteiger partial charge < -0.3 is 11.5 Å². The Kier molecular flexibility index (Phi) is 4.55. The Labute approximate surface area is 75.1 Å². The van der Waals surface area contributed by atoms with Crippen LogP contribution in [0.2, 0.25) is 0 Å². The first-order chi connectivity index (χ1) is 5.93. The van der Waals surface area contributed by atoms with E-state index in [1.807, 2.05) is 0 Å². The zero-order valence-corrected chi connectivity index (χ0v) is 7.36. The molecule has 0 saturated heterocycles. The maximum atomic E-state index is 12.2. The maximum Gasteiger partial charge on any atom is 0.418 e. The molecule has 2 nitrogen and oxygen atoms in total. The quantitative estimate of drug-likeness (QED) is 0.671. The molecule has 0 fully saturated rings. The van der Waals surface area contributed by atoms with E-state index in [0.29, 0.717) is 6.42 Å². The van der Waals surface area contributed by atoms with Gasteiger partial charge in [0.1, 0.15) is 0 Å². The standard InChI is InChI=1S/C8H13F3N2/c1-2-3-4-6(7(13)5-12)8(9,10)11/h3-4H,2,5,12-13H2,1H3/b4-3-,7-6+. The summed E-state index contributed by atoms with van der Waals surface area (Å²) in [5.41, 5.74) is 8.97. The fourth-order valence-corrected chi connectivity index (χ4v) is 0.729. The Balaban J connectivity index is 4.88. The SMILES string of the molecule is CC/C=C\C(=C(/N)CN)C(F)(F)F. The van der Waals surface area contributed by atoms with Crippen LogP contribution in [0, 0.1) is 0 Å². The molecular weight excluding hydrogens is 181 g/mol. The van der Waals surface area contributed by atoms with E-state index >= 15 is 0 Å². The van der Waals surface area contributed by atoms with Crippen molar-refractivity contribution in [3.8, 4) is 0 Å². The van der Waals surface area contributed by atoms with Crippen LogP contribution in [0.1, 0.15) is 13.3 Å². The first-order valence-electron chi connectivity index (χ1n) is 3.85. The lowest BCUT2D eigenvalue weighted by molar-refractivity contribution is -0.0891. The summed E-state index contributed by atoms with van der Waals surface area (Å²) in [6.07, 6.45) is -1.54. The highest BCUT2D eigenvalue weighted by molar-refractivity contribution is 5.29. The van der Waals surface area contributed by atoms with Crippen molar-refractivity contribution >= 4 is 0 Å². The van der Waals surface area contributed by atoms with Crippen LogP contribution in [0.5, 0.6) is 0 Å². The van der Waals surface area contributed by atoms with Gasteiger partial charge in [-0.2, -0.15) is 13.2 Å². The number of hydrogen-bond donors (Lipinski definition) is 2. The normalized spacial score (nSPS) is 14.8. The van der Waals surface area contributed by atoms with Gasteiger partial charge >= 0.3 is 6.18 Å². The van der Waals surface area contributed by atoms with Crippen molar-refractivity contribution in [3.05, 3.63) is 23.4 Å². The van der Waals surface area contributed by atoms with E-state index in [4.69, 9.17) is 11.5 Å². The second kappa shape index (κ2) is 4.91. The average Bonchev–Trinajstić information content (AvgIpc) is 2.02. The molecule has 0 atom stereocenters. The van der Waals surface area contributed by atoms with E-state index in [-0.39, 0.29) is 12.2 Å². The van der Waals surface area contributed by atoms with Crippen LogP contribution >= 0.6 is 0 Å². The van der Waals surface area contributed by atoms with E-state index in [2.05, 4.69) is 0 Å². The van der Waals surface area contributed by atoms with Gasteiger partial charge in [0.05, 0.1) is 5.57 Å². The Morgan fingerprint density at radius 2 is 1.92 bits per heavy atom. The lowest BCUT2D eigenvalue weighted by atomic mass is 10.1. The molecule has 0 radical (unpaired) electrons. The van der Waals surface area contributed by atoms with Gasteiger partial charge in [0.2, 0.25) is 0 Å². The first-order valence-corrected chi connectivity index (χ1v) is 3.85. The Morgan fingerprint density at radius 1 is 1.38 bits per heavy atom. The van der Waals surface area contributed by atoms with E-state index < -0.39 is 11.7 Å². The molecule has 0 saturated carbocycles. The zero-order valence-electron chi connectivity index (χ0n) is 7.36. The van der Waals surface area contributed by atoms with Crippen LogP contribution in [0.4, 0.5) is 13.2 Å². The van der Waals surface area contributed by atoms with Crippen molar-refractivity contribution in [2.24, 2.45) is 11.5 Å². The summed E-state index contributed by atoms with van der Waals surface area (Å²) in [6.45, 7) is 1.45. The van der Waals surface area contributed by atoms with E-state index in [0.717, 1.165) is 6.08 Å². The first kappa shape index (κ1) is 12.0. The Morgan fingerprint density at radius 3 is 2.23 bits per heavy atom. The van der Waals surface area contributed by atoms with Crippen molar-refractivity contribution in [2.75, 3.05) is 6.54 Å². The minimum atomic E-state index is -4.42. The predicted molar refractivity (Wildman–Crippen MR) is 45.8 cm³/mol. The maximum absolute atomic E-state index is 12.2. The lowest BCUT2D eigenvalue weighted by Gasteiger charge is -2.10. The fraction of sp³-hybridized carbons (Fsp3) is 0.500. The van der Waals surface area contributed by atoms with Crippen LogP contribution in [0.3, 0.4) is 0 Å². The number of nitrogens with two attached hydrogens (primary N) is 2. The molecule has 0 aromatic carbocycles. The molecule has 0 aliphatic rings. The van der Waals surface area contributed by atoms with Crippen molar-refractivity contribution in [1.82, 2.24) is 0 Å². The highest BCUT2D eigenvalue weighted by atomic mass is 19.4. The molecule has 0 aromatic rings. The molecule has 0 aliphatic carbocycles. The molecule has 76 valence electrons. The van der Waals surface area contributed by atoms with Gasteiger partial charge in [0.25, 0.3) is 0 Å². The second-order valence-electron chi connectivity index (χ2n) is 2.45. The predicted octanol–water partition coefficient (Wildman–Crippen LogP) is 1.69. The second-order valence-corrected chi connectivity index (χ2v) is 2.45. The lowest BCUT2D eigenvalue weighted by Crippen LogP contribution is -2.21. The number of allylic oxidation sites excluding steroid dienone is 3. The van der Waals surface area contributed by atoms with Crippen LogP contribution in [-0.2, 0) is 0 Å². The van der Waals surface area contributed by atoms with Gasteiger partial charge in [0, 0.05) is 12.2 Å². The molecule has 5 heteroatoms. The van der Waals surface area contributed by atoms with Crippen molar-refractivity contribution in [1.29, 1.82) is 0 Å². The molecule has 0 rings (SSSR count). The third-order valence-electron chi connectivity index (χ3n) is 1.39. The fourth-order valence-electron chi connectivity index (χ4n) is 0.729. The van der Waals surface area contributed by atoms with Crippen molar-refractivity contribution in [2.45, 2.75) is 19.5 Å². The number of alkyl halides is 3. The number of rotatable bonds is 3. The molecule has 0 aromatic heterocycles. The molecule has 0 unspecified atom stereocenters. The molecule has 0 spiro atoms. The Bertz CT molecular complexity index is 216. The summed E-state index contributed by atoms with van der Waals surface area (Å²) in [6, 6.07) is 0. The Hall–Kier alpha value is -0.970. The van der Waals surface area contributed by atoms with Crippen molar-refractivity contribution in [3.63, 3.8) is 0 Å². The zero-order chi connectivity index (χ0) is 10.5. The minimum Gasteiger partial charge on any atom is -0.401 e. The monoisotopic (exact) mass is 194 g/mol. The highest BCUT2D eigenvalue weighted by Crippen LogP contribution is 2.27. The van der Waals surface area contributed by atoms with Gasteiger partial charge in [-0.15, -0.1) is 0 Å². The summed E-state index contributed by atoms with van der Waals surface area (Å²) in [7, 11) is 0. The van der Waals surface area contributed by atoms with E-state index in [1.54, 1.807) is 6.92 Å². The largest absolute Gasteiger partial charge is 0.418 e. The van der Waals surface area contributed by atoms with E-state index in [9.17, 15) is 13.2 Å². The van der Waals surface area contributed by atoms with Crippen molar-refractivity contribution < 1.29 is 13.2 Å². The molecule has 0 bridgehead atoms. The molecule has 4 N–H and O–H groups in total. The molecule has 0 heterocycles. The number of hydrogen-bond acceptors (Lipinski definition) is 2. The van der Waals surface area contributed by atoms with Crippen LogP contribution in [-0.4, -0.2) is 12.7 Å². The summed E-state index contributed by atoms with van der Waals surface area (Å²) in [5, 5.41) is 0. The highest BCUT2D eigenvalue weighted by Gasteiger charge is 2.33.